The molecule has 4 heteroatoms. The van der Waals surface area contributed by atoms with Crippen molar-refractivity contribution in [2.45, 2.75) is 13.8 Å². The minimum Gasteiger partial charge on any atom is -0.480 e. The van der Waals surface area contributed by atoms with Crippen molar-refractivity contribution in [1.29, 1.82) is 5.26 Å². The Bertz CT molecular complexity index is 307. The first-order chi connectivity index (χ1) is 6.27. The lowest BCUT2D eigenvalue weighted by atomic mass is 10.3. The minimum atomic E-state index is 0.357. The molecule has 1 aromatic heterocycles. The molecule has 0 aromatic carbocycles. The van der Waals surface area contributed by atoms with Gasteiger partial charge in [-0.1, -0.05) is 13.8 Å². The number of methoxy groups -OCH3 is 1. The van der Waals surface area contributed by atoms with Gasteiger partial charge in [-0.15, -0.1) is 0 Å². The predicted octanol–water partition coefficient (Wildman–Crippen LogP) is 2.75. The van der Waals surface area contributed by atoms with Crippen molar-refractivity contribution < 1.29 is 4.74 Å². The van der Waals surface area contributed by atoms with Crippen molar-refractivity contribution in [3.63, 3.8) is 0 Å². The highest BCUT2D eigenvalue weighted by atomic mass is 79.9. The summed E-state index contributed by atoms with van der Waals surface area (Å²) in [6, 6.07) is 3.63. The average Bonchev–Trinajstić information content (AvgIpc) is 2.20. The molecule has 0 radical (unpaired) electrons. The number of halogens is 1. The first kappa shape index (κ1) is 11.9. The molecular weight excluding hydrogens is 232 g/mol. The maximum absolute atomic E-state index is 8.58. The molecular formula is C9H11BrN2O. The molecule has 3 nitrogen and oxygen atoms in total. The van der Waals surface area contributed by atoms with E-state index in [1.165, 1.54) is 7.11 Å². The van der Waals surface area contributed by atoms with Crippen molar-refractivity contribution in [3.05, 3.63) is 22.3 Å². The van der Waals surface area contributed by atoms with Crippen molar-refractivity contribution >= 4 is 15.9 Å². The van der Waals surface area contributed by atoms with Crippen LogP contribution in [0.25, 0.3) is 0 Å². The highest BCUT2D eigenvalue weighted by Gasteiger charge is 2.02. The van der Waals surface area contributed by atoms with Gasteiger partial charge in [-0.05, 0) is 22.0 Å². The molecule has 0 amide bonds. The number of ether oxygens (including phenoxy) is 1. The van der Waals surface area contributed by atoms with Crippen LogP contribution in [0.5, 0.6) is 5.88 Å². The third kappa shape index (κ3) is 3.43. The number of pyridine rings is 1. The van der Waals surface area contributed by atoms with Gasteiger partial charge in [-0.25, -0.2) is 4.98 Å². The second-order valence-corrected chi connectivity index (χ2v) is 2.74. The first-order valence-electron chi connectivity index (χ1n) is 3.87. The van der Waals surface area contributed by atoms with Crippen LogP contribution in [0.15, 0.2) is 16.7 Å². The van der Waals surface area contributed by atoms with E-state index in [0.29, 0.717) is 11.4 Å². The fraction of sp³-hybridized carbons (Fsp3) is 0.333. The van der Waals surface area contributed by atoms with Crippen molar-refractivity contribution in [2.75, 3.05) is 7.11 Å². The molecule has 1 rings (SSSR count). The standard InChI is InChI=1S/C7H5BrN2O.C2H6/c1-11-7-5(3-9)2-6(8)4-10-7;1-2/h2,4H,1H3;1-2H3. The van der Waals surface area contributed by atoms with Gasteiger partial charge in [-0.2, -0.15) is 5.26 Å². The molecule has 0 spiro atoms. The SMILES string of the molecule is CC.COc1ncc(Br)cc1C#N. The van der Waals surface area contributed by atoms with Crippen LogP contribution in [0.3, 0.4) is 0 Å². The molecule has 0 atom stereocenters. The summed E-state index contributed by atoms with van der Waals surface area (Å²) in [5, 5.41) is 8.58. The van der Waals surface area contributed by atoms with Crippen molar-refractivity contribution in [3.8, 4) is 11.9 Å². The van der Waals surface area contributed by atoms with E-state index in [-0.39, 0.29) is 0 Å². The summed E-state index contributed by atoms with van der Waals surface area (Å²) >= 11 is 3.20. The second kappa shape index (κ2) is 6.44. The summed E-state index contributed by atoms with van der Waals surface area (Å²) in [4.78, 5) is 3.88. The van der Waals surface area contributed by atoms with E-state index in [0.717, 1.165) is 4.47 Å². The zero-order chi connectivity index (χ0) is 10.3. The topological polar surface area (TPSA) is 45.9 Å². The van der Waals surface area contributed by atoms with Gasteiger partial charge in [0.15, 0.2) is 0 Å². The molecule has 13 heavy (non-hydrogen) atoms. The molecule has 1 heterocycles. The monoisotopic (exact) mass is 242 g/mol. The van der Waals surface area contributed by atoms with Gasteiger partial charge in [0.1, 0.15) is 11.6 Å². The smallest absolute Gasteiger partial charge is 0.231 e. The van der Waals surface area contributed by atoms with Crippen molar-refractivity contribution in [2.24, 2.45) is 0 Å². The van der Waals surface area contributed by atoms with Crippen LogP contribution >= 0.6 is 15.9 Å². The number of rotatable bonds is 1. The van der Waals surface area contributed by atoms with Gasteiger partial charge >= 0.3 is 0 Å². The Morgan fingerprint density at radius 1 is 1.54 bits per heavy atom. The Hall–Kier alpha value is -1.08. The van der Waals surface area contributed by atoms with Crippen LogP contribution in [0, 0.1) is 11.3 Å². The predicted molar refractivity (Wildman–Crippen MR) is 54.6 cm³/mol. The summed E-state index contributed by atoms with van der Waals surface area (Å²) in [5.74, 6) is 0.357. The van der Waals surface area contributed by atoms with E-state index in [1.54, 1.807) is 12.3 Å². The zero-order valence-corrected chi connectivity index (χ0v) is 9.42. The highest BCUT2D eigenvalue weighted by Crippen LogP contribution is 2.17. The van der Waals surface area contributed by atoms with Crippen LogP contribution in [-0.2, 0) is 0 Å². The van der Waals surface area contributed by atoms with E-state index in [9.17, 15) is 0 Å². The molecule has 1 aromatic rings. The second-order valence-electron chi connectivity index (χ2n) is 1.82. The van der Waals surface area contributed by atoms with E-state index in [1.807, 2.05) is 19.9 Å². The lowest BCUT2D eigenvalue weighted by Crippen LogP contribution is -1.90. The van der Waals surface area contributed by atoms with Gasteiger partial charge in [0.25, 0.3) is 0 Å². The zero-order valence-electron chi connectivity index (χ0n) is 7.84. The van der Waals surface area contributed by atoms with Gasteiger partial charge in [0, 0.05) is 10.7 Å². The molecule has 0 aliphatic carbocycles. The third-order valence-corrected chi connectivity index (χ3v) is 1.57. The molecule has 0 bridgehead atoms. The number of aromatic nitrogens is 1. The summed E-state index contributed by atoms with van der Waals surface area (Å²) in [7, 11) is 1.48. The van der Waals surface area contributed by atoms with E-state index in [4.69, 9.17) is 10.00 Å². The van der Waals surface area contributed by atoms with Crippen LogP contribution in [-0.4, -0.2) is 12.1 Å². The maximum atomic E-state index is 8.58. The average molecular weight is 243 g/mol. The minimum absolute atomic E-state index is 0.357. The molecule has 0 saturated carbocycles. The molecule has 0 aliphatic rings. The molecule has 70 valence electrons. The van der Waals surface area contributed by atoms with E-state index in [2.05, 4.69) is 20.9 Å². The summed E-state index contributed by atoms with van der Waals surface area (Å²) in [5.41, 5.74) is 0.432. The maximum Gasteiger partial charge on any atom is 0.231 e. The van der Waals surface area contributed by atoms with Gasteiger partial charge in [-0.3, -0.25) is 0 Å². The fourth-order valence-corrected chi connectivity index (χ4v) is 1.00. The van der Waals surface area contributed by atoms with Crippen LogP contribution < -0.4 is 4.74 Å². The van der Waals surface area contributed by atoms with Crippen LogP contribution in [0.2, 0.25) is 0 Å². The number of nitriles is 1. The van der Waals surface area contributed by atoms with Crippen LogP contribution in [0.4, 0.5) is 0 Å². The van der Waals surface area contributed by atoms with Crippen LogP contribution in [0.1, 0.15) is 19.4 Å². The lowest BCUT2D eigenvalue weighted by molar-refractivity contribution is 0.396. The van der Waals surface area contributed by atoms with Gasteiger partial charge in [0.2, 0.25) is 5.88 Å². The Kier molecular flexibility index (Phi) is 5.90. The number of hydrogen-bond donors (Lipinski definition) is 0. The number of hydrogen-bond acceptors (Lipinski definition) is 3. The van der Waals surface area contributed by atoms with E-state index >= 15 is 0 Å². The molecule has 0 N–H and O–H groups in total. The van der Waals surface area contributed by atoms with Crippen molar-refractivity contribution in [1.82, 2.24) is 4.98 Å². The fourth-order valence-electron chi connectivity index (χ4n) is 0.669. The number of nitrogens with zero attached hydrogens (tertiary/aromatic N) is 2. The third-order valence-electron chi connectivity index (χ3n) is 1.13. The van der Waals surface area contributed by atoms with E-state index < -0.39 is 0 Å². The summed E-state index contributed by atoms with van der Waals surface area (Å²) in [6.07, 6.45) is 1.58. The molecule has 0 unspecified atom stereocenters. The summed E-state index contributed by atoms with van der Waals surface area (Å²) in [6.45, 7) is 4.00. The quantitative estimate of drug-likeness (QED) is 0.761. The molecule has 0 saturated heterocycles. The molecule has 0 aliphatic heterocycles. The highest BCUT2D eigenvalue weighted by molar-refractivity contribution is 9.10. The Morgan fingerprint density at radius 2 is 2.15 bits per heavy atom. The van der Waals surface area contributed by atoms with Gasteiger partial charge < -0.3 is 4.74 Å². The summed E-state index contributed by atoms with van der Waals surface area (Å²) < 4.78 is 5.61. The normalized spacial score (nSPS) is 7.92. The first-order valence-corrected chi connectivity index (χ1v) is 4.67. The Morgan fingerprint density at radius 3 is 2.62 bits per heavy atom. The Balaban J connectivity index is 0.000000671. The Labute approximate surface area is 86.5 Å². The van der Waals surface area contributed by atoms with Gasteiger partial charge in [0.05, 0.1) is 7.11 Å². The lowest BCUT2D eigenvalue weighted by Gasteiger charge is -1.99. The largest absolute Gasteiger partial charge is 0.480 e. The molecule has 0 fully saturated rings.